The Kier molecular flexibility index (Phi) is 3.70. The number of pyridine rings is 1. The van der Waals surface area contributed by atoms with Crippen molar-refractivity contribution in [2.75, 3.05) is 0 Å². The van der Waals surface area contributed by atoms with E-state index in [-0.39, 0.29) is 12.1 Å². The molecule has 3 N–H and O–H groups in total. The molecule has 0 aliphatic rings. The molecule has 0 saturated carbocycles. The van der Waals surface area contributed by atoms with Gasteiger partial charge in [-0.25, -0.2) is 4.98 Å². The molecular weight excluding hydrogens is 352 g/mol. The lowest BCUT2D eigenvalue weighted by Gasteiger charge is -2.03. The van der Waals surface area contributed by atoms with Gasteiger partial charge >= 0.3 is 0 Å². The first-order chi connectivity index (χ1) is 8.11. The molecule has 0 fully saturated rings. The van der Waals surface area contributed by atoms with E-state index in [1.165, 1.54) is 6.20 Å². The predicted molar refractivity (Wildman–Crippen MR) is 71.4 cm³/mol. The highest BCUT2D eigenvalue weighted by molar-refractivity contribution is 9.11. The Morgan fingerprint density at radius 1 is 1.29 bits per heavy atom. The molecule has 7 heteroatoms. The molecule has 0 aliphatic heterocycles. The molecule has 0 unspecified atom stereocenters. The predicted octanol–water partition coefficient (Wildman–Crippen LogP) is 1.82. The zero-order valence-electron chi connectivity index (χ0n) is 8.58. The van der Waals surface area contributed by atoms with Crippen molar-refractivity contribution in [3.05, 3.63) is 43.3 Å². The molecule has 2 aromatic heterocycles. The summed E-state index contributed by atoms with van der Waals surface area (Å²) in [4.78, 5) is 22.6. The topological polar surface area (TPSA) is 84.7 Å². The summed E-state index contributed by atoms with van der Waals surface area (Å²) in [6, 6.07) is 1.83. The summed E-state index contributed by atoms with van der Waals surface area (Å²) in [6.45, 7) is 0.164. The molecule has 0 radical (unpaired) electrons. The van der Waals surface area contributed by atoms with Gasteiger partial charge in [-0.1, -0.05) is 0 Å². The molecule has 17 heavy (non-hydrogen) atoms. The summed E-state index contributed by atoms with van der Waals surface area (Å²) in [5, 5.41) is 0. The van der Waals surface area contributed by atoms with Gasteiger partial charge in [0.25, 0.3) is 5.56 Å². The molecule has 0 amide bonds. The fourth-order valence-electron chi connectivity index (χ4n) is 1.28. The number of nitrogens with one attached hydrogen (secondary N) is 1. The van der Waals surface area contributed by atoms with Crippen molar-refractivity contribution in [3.63, 3.8) is 0 Å². The van der Waals surface area contributed by atoms with Crippen molar-refractivity contribution >= 4 is 31.9 Å². The van der Waals surface area contributed by atoms with E-state index >= 15 is 0 Å². The summed E-state index contributed by atoms with van der Waals surface area (Å²) >= 11 is 6.67. The summed E-state index contributed by atoms with van der Waals surface area (Å²) < 4.78 is 1.59. The molecule has 5 nitrogen and oxygen atoms in total. The van der Waals surface area contributed by atoms with Gasteiger partial charge in [0.1, 0.15) is 5.69 Å². The monoisotopic (exact) mass is 358 g/mol. The maximum absolute atomic E-state index is 11.6. The van der Waals surface area contributed by atoms with Gasteiger partial charge in [0.2, 0.25) is 0 Å². The first-order valence-electron chi connectivity index (χ1n) is 4.71. The van der Waals surface area contributed by atoms with Gasteiger partial charge in [0.05, 0.1) is 0 Å². The highest BCUT2D eigenvalue weighted by Gasteiger charge is 2.09. The fourth-order valence-corrected chi connectivity index (χ4v) is 2.45. The van der Waals surface area contributed by atoms with Gasteiger partial charge in [-0.2, -0.15) is 0 Å². The largest absolute Gasteiger partial charge is 0.326 e. The van der Waals surface area contributed by atoms with E-state index < -0.39 is 0 Å². The van der Waals surface area contributed by atoms with Crippen LogP contribution in [0.4, 0.5) is 0 Å². The number of aromatic nitrogens is 3. The molecule has 0 bridgehead atoms. The summed E-state index contributed by atoms with van der Waals surface area (Å²) in [5.41, 5.74) is 6.18. The van der Waals surface area contributed by atoms with Crippen molar-refractivity contribution in [3.8, 4) is 11.5 Å². The van der Waals surface area contributed by atoms with E-state index in [4.69, 9.17) is 5.73 Å². The smallest absolute Gasteiger partial charge is 0.255 e. The van der Waals surface area contributed by atoms with Crippen molar-refractivity contribution in [1.29, 1.82) is 0 Å². The minimum atomic E-state index is -0.242. The Morgan fingerprint density at radius 3 is 2.65 bits per heavy atom. The molecule has 0 aliphatic carbocycles. The molecule has 2 heterocycles. The van der Waals surface area contributed by atoms with Gasteiger partial charge in [-0.05, 0) is 37.9 Å². The standard InChI is InChI=1S/C10H8Br2N4O/c11-6-1-7(12)8(14-4-6)9-15-3-5(2-13)10(17)16-9/h1,3-4H,2,13H2,(H,15,16,17). The first kappa shape index (κ1) is 12.4. The third-order valence-electron chi connectivity index (χ3n) is 2.13. The van der Waals surface area contributed by atoms with Gasteiger partial charge in [-0.3, -0.25) is 9.78 Å². The second-order valence-corrected chi connectivity index (χ2v) is 5.04. The second-order valence-electron chi connectivity index (χ2n) is 3.27. The minimum Gasteiger partial charge on any atom is -0.326 e. The highest BCUT2D eigenvalue weighted by atomic mass is 79.9. The Labute approximate surface area is 114 Å². The zero-order valence-corrected chi connectivity index (χ0v) is 11.7. The first-order valence-corrected chi connectivity index (χ1v) is 6.30. The van der Waals surface area contributed by atoms with Gasteiger partial charge in [-0.15, -0.1) is 0 Å². The van der Waals surface area contributed by atoms with Crippen molar-refractivity contribution in [2.24, 2.45) is 5.73 Å². The number of rotatable bonds is 2. The van der Waals surface area contributed by atoms with E-state index in [0.717, 1.165) is 8.95 Å². The fraction of sp³-hybridized carbons (Fsp3) is 0.100. The number of hydrogen-bond acceptors (Lipinski definition) is 4. The second kappa shape index (κ2) is 5.07. The zero-order chi connectivity index (χ0) is 12.4. The third kappa shape index (κ3) is 2.62. The van der Waals surface area contributed by atoms with Crippen LogP contribution >= 0.6 is 31.9 Å². The van der Waals surface area contributed by atoms with Crippen LogP contribution in [0.15, 0.2) is 32.2 Å². The van der Waals surface area contributed by atoms with Crippen LogP contribution in [0.1, 0.15) is 5.56 Å². The maximum Gasteiger partial charge on any atom is 0.255 e. The van der Waals surface area contributed by atoms with Crippen LogP contribution in [0.3, 0.4) is 0 Å². The van der Waals surface area contributed by atoms with Crippen LogP contribution in [0, 0.1) is 0 Å². The summed E-state index contributed by atoms with van der Waals surface area (Å²) in [7, 11) is 0. The molecule has 2 aromatic rings. The number of nitrogens with two attached hydrogens (primary N) is 1. The molecule has 2 rings (SSSR count). The number of nitrogens with zero attached hydrogens (tertiary/aromatic N) is 2. The molecule has 0 aromatic carbocycles. The lowest BCUT2D eigenvalue weighted by atomic mass is 10.3. The quantitative estimate of drug-likeness (QED) is 0.856. The van der Waals surface area contributed by atoms with Crippen LogP contribution in [-0.4, -0.2) is 15.0 Å². The molecular formula is C10H8Br2N4O. The normalized spacial score (nSPS) is 10.5. The van der Waals surface area contributed by atoms with Crippen LogP contribution in [0.25, 0.3) is 11.5 Å². The molecule has 0 atom stereocenters. The van der Waals surface area contributed by atoms with E-state index in [1.807, 2.05) is 6.07 Å². The Balaban J connectivity index is 2.54. The number of H-pyrrole nitrogens is 1. The van der Waals surface area contributed by atoms with Gasteiger partial charge < -0.3 is 10.7 Å². The number of aromatic amines is 1. The maximum atomic E-state index is 11.6. The van der Waals surface area contributed by atoms with E-state index in [1.54, 1.807) is 6.20 Å². The molecule has 0 spiro atoms. The van der Waals surface area contributed by atoms with Gasteiger partial charge in [0.15, 0.2) is 5.82 Å². The van der Waals surface area contributed by atoms with E-state index in [0.29, 0.717) is 17.1 Å². The Hall–Kier alpha value is -1.05. The van der Waals surface area contributed by atoms with Crippen LogP contribution in [0.5, 0.6) is 0 Å². The highest BCUT2D eigenvalue weighted by Crippen LogP contribution is 2.25. The molecule has 88 valence electrons. The number of halogens is 2. The van der Waals surface area contributed by atoms with Crippen LogP contribution < -0.4 is 11.3 Å². The Bertz CT molecular complexity index is 611. The minimum absolute atomic E-state index is 0.164. The average Bonchev–Trinajstić information content (AvgIpc) is 2.29. The van der Waals surface area contributed by atoms with Crippen molar-refractivity contribution < 1.29 is 0 Å². The van der Waals surface area contributed by atoms with Crippen LogP contribution in [0.2, 0.25) is 0 Å². The van der Waals surface area contributed by atoms with Crippen molar-refractivity contribution in [2.45, 2.75) is 6.54 Å². The molecule has 0 saturated heterocycles. The number of hydrogen-bond donors (Lipinski definition) is 2. The lowest BCUT2D eigenvalue weighted by molar-refractivity contribution is 0.973. The SMILES string of the molecule is NCc1cnc(-c2ncc(Br)cc2Br)[nH]c1=O. The van der Waals surface area contributed by atoms with Gasteiger partial charge in [0, 0.05) is 33.4 Å². The average molecular weight is 360 g/mol. The summed E-state index contributed by atoms with van der Waals surface area (Å²) in [5.74, 6) is 0.409. The van der Waals surface area contributed by atoms with E-state index in [9.17, 15) is 4.79 Å². The van der Waals surface area contributed by atoms with Crippen LogP contribution in [-0.2, 0) is 6.54 Å². The summed E-state index contributed by atoms with van der Waals surface area (Å²) in [6.07, 6.45) is 3.10. The van der Waals surface area contributed by atoms with E-state index in [2.05, 4.69) is 46.8 Å². The Morgan fingerprint density at radius 2 is 2.06 bits per heavy atom. The third-order valence-corrected chi connectivity index (χ3v) is 3.16. The van der Waals surface area contributed by atoms with Crippen molar-refractivity contribution in [1.82, 2.24) is 15.0 Å². The lowest BCUT2D eigenvalue weighted by Crippen LogP contribution is -2.17.